The fourth-order valence-electron chi connectivity index (χ4n) is 0.910. The molecule has 1 atom stereocenters. The molecule has 0 saturated heterocycles. The number of halogens is 10. The van der Waals surface area contributed by atoms with Crippen molar-refractivity contribution in [2.75, 3.05) is 0 Å². The zero-order chi connectivity index (χ0) is 15.0. The summed E-state index contributed by atoms with van der Waals surface area (Å²) in [5, 5.41) is 0. The molecular formula is C6H2Cl3F7O2. The minimum absolute atomic E-state index is 0.891. The van der Waals surface area contributed by atoms with Gasteiger partial charge < -0.3 is 4.74 Å². The molecule has 0 heterocycles. The Kier molecular flexibility index (Phi) is 5.04. The summed E-state index contributed by atoms with van der Waals surface area (Å²) in [5.41, 5.74) is -6.02. The smallest absolute Gasteiger partial charge is 0.435 e. The molecule has 0 saturated carbocycles. The summed E-state index contributed by atoms with van der Waals surface area (Å²) >= 11 is 14.3. The Balaban J connectivity index is 5.92. The molecule has 0 aromatic rings. The average molecular weight is 345 g/mol. The summed E-state index contributed by atoms with van der Waals surface area (Å²) in [6, 6.07) is 0. The first-order valence-electron chi connectivity index (χ1n) is 3.67. The van der Waals surface area contributed by atoms with Crippen LogP contribution in [0.2, 0.25) is 0 Å². The Morgan fingerprint density at radius 1 is 0.889 bits per heavy atom. The maximum Gasteiger partial charge on any atom is 0.435 e. The van der Waals surface area contributed by atoms with Crippen LogP contribution in [0.5, 0.6) is 0 Å². The van der Waals surface area contributed by atoms with Crippen LogP contribution >= 0.6 is 34.8 Å². The van der Waals surface area contributed by atoms with E-state index in [0.29, 0.717) is 0 Å². The quantitative estimate of drug-likeness (QED) is 0.443. The van der Waals surface area contributed by atoms with Gasteiger partial charge in [0.05, 0.1) is 0 Å². The minimum Gasteiger partial charge on any atom is -0.456 e. The molecular weight excluding hydrogens is 343 g/mol. The highest BCUT2D eigenvalue weighted by molar-refractivity contribution is 6.68. The Labute approximate surface area is 110 Å². The van der Waals surface area contributed by atoms with Crippen molar-refractivity contribution in [2.45, 2.75) is 27.9 Å². The van der Waals surface area contributed by atoms with Gasteiger partial charge in [-0.15, -0.1) is 0 Å². The van der Waals surface area contributed by atoms with Crippen molar-refractivity contribution < 1.29 is 40.3 Å². The van der Waals surface area contributed by atoms with E-state index >= 15 is 0 Å². The normalized spacial score (nSPS) is 16.3. The number of carbonyl (C=O) groups is 1. The van der Waals surface area contributed by atoms with E-state index in [-0.39, 0.29) is 0 Å². The van der Waals surface area contributed by atoms with Gasteiger partial charge in [-0.3, -0.25) is 4.79 Å². The molecule has 1 unspecified atom stereocenters. The number of hydrogen-bond donors (Lipinski definition) is 0. The van der Waals surface area contributed by atoms with Crippen LogP contribution in [0.25, 0.3) is 0 Å². The summed E-state index contributed by atoms with van der Waals surface area (Å²) in [5.74, 6) is 0. The van der Waals surface area contributed by atoms with Gasteiger partial charge >= 0.3 is 18.0 Å². The fraction of sp³-hybridized carbons (Fsp3) is 0.833. The molecule has 0 fully saturated rings. The molecule has 12 heteroatoms. The third kappa shape index (κ3) is 3.24. The van der Waals surface area contributed by atoms with Gasteiger partial charge in [0.25, 0.3) is 6.47 Å². The molecule has 0 rings (SSSR count). The van der Waals surface area contributed by atoms with Gasteiger partial charge in [0.15, 0.2) is 0 Å². The highest BCUT2D eigenvalue weighted by Crippen LogP contribution is 2.54. The van der Waals surface area contributed by atoms with Gasteiger partial charge in [0.1, 0.15) is 0 Å². The Morgan fingerprint density at radius 2 is 1.22 bits per heavy atom. The standard InChI is InChI=1S/C6H2Cl3F7O2/c7-4(8,9)2(18-1-17)3(10,5(11,12)13)6(14,15)16/h1-2H. The number of alkyl halides is 10. The number of hydrogen-bond acceptors (Lipinski definition) is 2. The lowest BCUT2D eigenvalue weighted by Gasteiger charge is -2.37. The third-order valence-corrected chi connectivity index (χ3v) is 2.27. The van der Waals surface area contributed by atoms with Crippen LogP contribution in [-0.2, 0) is 9.53 Å². The Hall–Kier alpha value is -0.150. The predicted molar refractivity (Wildman–Crippen MR) is 47.2 cm³/mol. The summed E-state index contributed by atoms with van der Waals surface area (Å²) in [6.45, 7) is -0.891. The summed E-state index contributed by atoms with van der Waals surface area (Å²) in [4.78, 5) is 9.86. The molecule has 0 radical (unpaired) electrons. The molecule has 0 aliphatic carbocycles. The number of rotatable bonds is 3. The van der Waals surface area contributed by atoms with E-state index in [0.717, 1.165) is 0 Å². The summed E-state index contributed by atoms with van der Waals surface area (Å²) in [7, 11) is 0. The van der Waals surface area contributed by atoms with E-state index in [2.05, 4.69) is 4.74 Å². The number of ether oxygens (including phenoxy) is 1. The van der Waals surface area contributed by atoms with Gasteiger partial charge in [-0.1, -0.05) is 34.8 Å². The molecule has 18 heavy (non-hydrogen) atoms. The van der Waals surface area contributed by atoms with Crippen LogP contribution in [0.3, 0.4) is 0 Å². The zero-order valence-electron chi connectivity index (χ0n) is 7.75. The first kappa shape index (κ1) is 17.8. The topological polar surface area (TPSA) is 26.3 Å². The molecule has 2 nitrogen and oxygen atoms in total. The van der Waals surface area contributed by atoms with E-state index < -0.39 is 34.4 Å². The van der Waals surface area contributed by atoms with Gasteiger partial charge in [0, 0.05) is 0 Å². The third-order valence-electron chi connectivity index (χ3n) is 1.68. The first-order valence-corrected chi connectivity index (χ1v) is 4.81. The van der Waals surface area contributed by atoms with Gasteiger partial charge in [0.2, 0.25) is 9.90 Å². The number of carbonyl (C=O) groups excluding carboxylic acids is 1. The van der Waals surface area contributed by atoms with Gasteiger partial charge in [-0.2, -0.15) is 26.3 Å². The highest BCUT2D eigenvalue weighted by atomic mass is 35.6. The summed E-state index contributed by atoms with van der Waals surface area (Å²) < 4.78 is 86.6. The van der Waals surface area contributed by atoms with Crippen molar-refractivity contribution in [1.29, 1.82) is 0 Å². The van der Waals surface area contributed by atoms with Crippen molar-refractivity contribution in [3.8, 4) is 0 Å². The van der Waals surface area contributed by atoms with Crippen molar-refractivity contribution in [3.63, 3.8) is 0 Å². The van der Waals surface area contributed by atoms with E-state index in [1.165, 1.54) is 0 Å². The van der Waals surface area contributed by atoms with Crippen LogP contribution < -0.4 is 0 Å². The molecule has 0 aromatic carbocycles. The lowest BCUT2D eigenvalue weighted by molar-refractivity contribution is -0.363. The van der Waals surface area contributed by atoms with E-state index in [4.69, 9.17) is 34.8 Å². The maximum absolute atomic E-state index is 13.4. The van der Waals surface area contributed by atoms with Gasteiger partial charge in [-0.05, 0) is 0 Å². The second-order valence-electron chi connectivity index (χ2n) is 2.86. The van der Waals surface area contributed by atoms with Crippen LogP contribution in [-0.4, -0.2) is 34.4 Å². The van der Waals surface area contributed by atoms with E-state index in [9.17, 15) is 35.5 Å². The second-order valence-corrected chi connectivity index (χ2v) is 5.23. The Bertz CT molecular complexity index is 294. The predicted octanol–water partition coefficient (Wildman–Crippen LogP) is 3.73. The van der Waals surface area contributed by atoms with Gasteiger partial charge in [-0.25, -0.2) is 4.39 Å². The SMILES string of the molecule is O=COC(C(Cl)(Cl)Cl)C(F)(C(F)(F)F)C(F)(F)F. The summed E-state index contributed by atoms with van der Waals surface area (Å²) in [6.07, 6.45) is -16.8. The van der Waals surface area contributed by atoms with Crippen molar-refractivity contribution in [3.05, 3.63) is 0 Å². The lowest BCUT2D eigenvalue weighted by Crippen LogP contribution is -2.65. The maximum atomic E-state index is 13.4. The molecule has 0 aliphatic heterocycles. The van der Waals surface area contributed by atoms with Crippen LogP contribution in [0.4, 0.5) is 30.7 Å². The monoisotopic (exact) mass is 344 g/mol. The van der Waals surface area contributed by atoms with Crippen LogP contribution in [0.15, 0.2) is 0 Å². The molecule has 108 valence electrons. The van der Waals surface area contributed by atoms with Crippen molar-refractivity contribution in [2.24, 2.45) is 0 Å². The Morgan fingerprint density at radius 3 is 1.39 bits per heavy atom. The fourth-order valence-corrected chi connectivity index (χ4v) is 1.52. The molecule has 0 bridgehead atoms. The molecule has 0 spiro atoms. The second kappa shape index (κ2) is 5.09. The molecule has 0 N–H and O–H groups in total. The molecule has 0 aromatic heterocycles. The first-order chi connectivity index (χ1) is 7.69. The molecule has 0 aliphatic rings. The molecule has 0 amide bonds. The van der Waals surface area contributed by atoms with Crippen LogP contribution in [0.1, 0.15) is 0 Å². The van der Waals surface area contributed by atoms with E-state index in [1.54, 1.807) is 0 Å². The van der Waals surface area contributed by atoms with Crippen LogP contribution in [0, 0.1) is 0 Å². The lowest BCUT2D eigenvalue weighted by atomic mass is 9.98. The van der Waals surface area contributed by atoms with Crippen molar-refractivity contribution in [1.82, 2.24) is 0 Å². The van der Waals surface area contributed by atoms with Crippen molar-refractivity contribution >= 4 is 41.3 Å². The average Bonchev–Trinajstić information content (AvgIpc) is 2.07. The zero-order valence-corrected chi connectivity index (χ0v) is 10.0. The highest BCUT2D eigenvalue weighted by Gasteiger charge is 2.80. The largest absolute Gasteiger partial charge is 0.456 e. The van der Waals surface area contributed by atoms with E-state index in [1.807, 2.05) is 0 Å². The minimum atomic E-state index is -6.51.